The molecule has 8 nitrogen and oxygen atoms in total. The van der Waals surface area contributed by atoms with Crippen LogP contribution in [-0.4, -0.2) is 36.2 Å². The van der Waals surface area contributed by atoms with Crippen LogP contribution in [0.4, 0.5) is 34.1 Å². The third-order valence-corrected chi connectivity index (χ3v) is 17.2. The van der Waals surface area contributed by atoms with Crippen LogP contribution in [0.5, 0.6) is 0 Å². The standard InChI is InChI=1S/C79H51BN8/c1-7-25-52(26-8-1)67-51-68(53-27-9-2-10-28-53)82-78(81-67)58-45-59(79-84-76(54-29-11-3-12-30-54)83-77(85-79)55-31-13-4-14-32-55)47-62(46-58)88-69-40-22-19-37-63(69)64-48-56(43-44-70(64)88)57-49-73-75-74(50-57)87(61-35-17-6-18-36-61)72-42-24-21-39-66(72)80(75)65-38-20-23-41-71(65)86(73)60-33-15-5-16-34-60/h1-51H. The van der Waals surface area contributed by atoms with Crippen LogP contribution in [0, 0.1) is 0 Å². The van der Waals surface area contributed by atoms with Crippen LogP contribution in [0.3, 0.4) is 0 Å². The van der Waals surface area contributed by atoms with Crippen LogP contribution in [0.15, 0.2) is 309 Å². The molecular formula is C79H51BN8. The van der Waals surface area contributed by atoms with Gasteiger partial charge in [0.05, 0.1) is 22.4 Å². The molecule has 0 spiro atoms. The van der Waals surface area contributed by atoms with Gasteiger partial charge in [0, 0.05) is 84.0 Å². The first-order valence-electron chi connectivity index (χ1n) is 29.8. The molecule has 5 heterocycles. The predicted octanol–water partition coefficient (Wildman–Crippen LogP) is 17.5. The molecule has 9 heteroatoms. The van der Waals surface area contributed by atoms with Crippen molar-refractivity contribution in [1.82, 2.24) is 29.5 Å². The van der Waals surface area contributed by atoms with E-state index in [0.717, 1.165) is 106 Å². The number of para-hydroxylation sites is 5. The van der Waals surface area contributed by atoms with E-state index in [1.165, 1.54) is 27.8 Å². The van der Waals surface area contributed by atoms with Gasteiger partial charge >= 0.3 is 0 Å². The zero-order valence-corrected chi connectivity index (χ0v) is 47.6. The van der Waals surface area contributed by atoms with Crippen molar-refractivity contribution >= 4 is 79.0 Å². The largest absolute Gasteiger partial charge is 0.311 e. The van der Waals surface area contributed by atoms with Gasteiger partial charge in [-0.25, -0.2) is 24.9 Å². The first kappa shape index (κ1) is 50.7. The second-order valence-electron chi connectivity index (χ2n) is 22.4. The molecule has 0 radical (unpaired) electrons. The lowest BCUT2D eigenvalue weighted by atomic mass is 9.33. The fourth-order valence-corrected chi connectivity index (χ4v) is 13.2. The third-order valence-electron chi connectivity index (χ3n) is 17.2. The van der Waals surface area contributed by atoms with Gasteiger partial charge in [0.1, 0.15) is 0 Å². The molecule has 3 aromatic heterocycles. The normalized spacial score (nSPS) is 12.2. The lowest BCUT2D eigenvalue weighted by Crippen LogP contribution is -2.61. The number of benzene rings is 12. The molecule has 0 saturated carbocycles. The Balaban J connectivity index is 0.901. The summed E-state index contributed by atoms with van der Waals surface area (Å²) in [6.07, 6.45) is 0. The maximum Gasteiger partial charge on any atom is 0.252 e. The van der Waals surface area contributed by atoms with Gasteiger partial charge in [-0.2, -0.15) is 0 Å². The van der Waals surface area contributed by atoms with Gasteiger partial charge < -0.3 is 14.4 Å². The summed E-state index contributed by atoms with van der Waals surface area (Å²) in [4.78, 5) is 31.5. The molecule has 0 amide bonds. The molecule has 0 bridgehead atoms. The Morgan fingerprint density at radius 1 is 0.239 bits per heavy atom. The molecule has 12 aromatic carbocycles. The fourth-order valence-electron chi connectivity index (χ4n) is 13.2. The number of aromatic nitrogens is 6. The van der Waals surface area contributed by atoms with Gasteiger partial charge in [0.2, 0.25) is 0 Å². The molecule has 17 rings (SSSR count). The van der Waals surface area contributed by atoms with Crippen LogP contribution in [0.1, 0.15) is 0 Å². The molecule has 2 aliphatic rings. The molecule has 410 valence electrons. The second kappa shape index (κ2) is 21.1. The van der Waals surface area contributed by atoms with Gasteiger partial charge in [-0.1, -0.05) is 218 Å². The van der Waals surface area contributed by atoms with Crippen molar-refractivity contribution in [1.29, 1.82) is 0 Å². The highest BCUT2D eigenvalue weighted by atomic mass is 15.2. The van der Waals surface area contributed by atoms with E-state index in [9.17, 15) is 0 Å². The molecule has 0 N–H and O–H groups in total. The molecule has 0 aliphatic carbocycles. The van der Waals surface area contributed by atoms with E-state index < -0.39 is 0 Å². The number of hydrogen-bond acceptors (Lipinski definition) is 7. The molecule has 0 saturated heterocycles. The molecular weight excluding hydrogens is 1070 g/mol. The minimum absolute atomic E-state index is 0.0102. The van der Waals surface area contributed by atoms with Crippen molar-refractivity contribution in [2.45, 2.75) is 0 Å². The Hall–Kier alpha value is -11.8. The summed E-state index contributed by atoms with van der Waals surface area (Å²) < 4.78 is 2.38. The molecule has 88 heavy (non-hydrogen) atoms. The van der Waals surface area contributed by atoms with Gasteiger partial charge in [-0.3, -0.25) is 0 Å². The number of anilines is 6. The van der Waals surface area contributed by atoms with E-state index in [2.05, 4.69) is 251 Å². The van der Waals surface area contributed by atoms with Crippen molar-refractivity contribution in [2.24, 2.45) is 0 Å². The van der Waals surface area contributed by atoms with E-state index in [0.29, 0.717) is 23.3 Å². The monoisotopic (exact) mass is 1120 g/mol. The molecule has 0 unspecified atom stereocenters. The first-order chi connectivity index (χ1) is 43.6. The maximum absolute atomic E-state index is 5.40. The van der Waals surface area contributed by atoms with Gasteiger partial charge in [-0.05, 0) is 119 Å². The van der Waals surface area contributed by atoms with E-state index in [1.54, 1.807) is 0 Å². The summed E-state index contributed by atoms with van der Waals surface area (Å²) in [5.74, 6) is 2.26. The number of rotatable bonds is 10. The lowest BCUT2D eigenvalue weighted by Gasteiger charge is -2.44. The Bertz CT molecular complexity index is 4790. The van der Waals surface area contributed by atoms with E-state index in [1.807, 2.05) is 72.8 Å². The van der Waals surface area contributed by atoms with Crippen LogP contribution >= 0.6 is 0 Å². The minimum Gasteiger partial charge on any atom is -0.311 e. The van der Waals surface area contributed by atoms with E-state index in [4.69, 9.17) is 24.9 Å². The topological polar surface area (TPSA) is 75.9 Å². The van der Waals surface area contributed by atoms with Crippen molar-refractivity contribution in [3.63, 3.8) is 0 Å². The Kier molecular flexibility index (Phi) is 12.1. The quantitative estimate of drug-likeness (QED) is 0.126. The highest BCUT2D eigenvalue weighted by Gasteiger charge is 2.43. The van der Waals surface area contributed by atoms with Crippen molar-refractivity contribution in [2.75, 3.05) is 9.80 Å². The minimum atomic E-state index is 0.0102. The summed E-state index contributed by atoms with van der Waals surface area (Å²) in [5.41, 5.74) is 22.9. The van der Waals surface area contributed by atoms with Gasteiger partial charge in [0.25, 0.3) is 6.71 Å². The summed E-state index contributed by atoms with van der Waals surface area (Å²) in [6.45, 7) is 0.0102. The zero-order chi connectivity index (χ0) is 58.1. The average Bonchev–Trinajstić information content (AvgIpc) is 0.842. The van der Waals surface area contributed by atoms with Crippen LogP contribution in [-0.2, 0) is 0 Å². The maximum atomic E-state index is 5.40. The summed E-state index contributed by atoms with van der Waals surface area (Å²) in [7, 11) is 0. The van der Waals surface area contributed by atoms with Crippen LogP contribution in [0.2, 0.25) is 0 Å². The first-order valence-corrected chi connectivity index (χ1v) is 29.8. The third kappa shape index (κ3) is 8.66. The SMILES string of the molecule is c1ccc(-c2cc(-c3ccccc3)nc(-c3cc(-c4nc(-c5ccccc5)nc(-c5ccccc5)n4)cc(-n4c5ccccc5c5cc(-c6cc7c8c(c6)N(c6ccccc6)c6ccccc6B8c6ccccc6N7c6ccccc6)ccc54)c3)n2)cc1. The van der Waals surface area contributed by atoms with Crippen molar-refractivity contribution in [3.8, 4) is 84.9 Å². The highest BCUT2D eigenvalue weighted by molar-refractivity contribution is 7.00. The van der Waals surface area contributed by atoms with Crippen LogP contribution < -0.4 is 26.2 Å². The zero-order valence-electron chi connectivity index (χ0n) is 47.6. The predicted molar refractivity (Wildman–Crippen MR) is 362 cm³/mol. The molecule has 0 fully saturated rings. The molecule has 0 atom stereocenters. The highest BCUT2D eigenvalue weighted by Crippen LogP contribution is 2.47. The van der Waals surface area contributed by atoms with Crippen molar-refractivity contribution < 1.29 is 0 Å². The summed E-state index contributed by atoms with van der Waals surface area (Å²) in [5, 5.41) is 2.24. The van der Waals surface area contributed by atoms with Gasteiger partial charge in [0.15, 0.2) is 23.3 Å². The number of hydrogen-bond donors (Lipinski definition) is 0. The Morgan fingerprint density at radius 2 is 0.648 bits per heavy atom. The van der Waals surface area contributed by atoms with E-state index in [-0.39, 0.29) is 6.71 Å². The van der Waals surface area contributed by atoms with E-state index >= 15 is 0 Å². The number of nitrogens with zero attached hydrogens (tertiary/aromatic N) is 8. The molecule has 2 aliphatic heterocycles. The second-order valence-corrected chi connectivity index (χ2v) is 22.4. The van der Waals surface area contributed by atoms with Crippen LogP contribution in [0.25, 0.3) is 107 Å². The lowest BCUT2D eigenvalue weighted by molar-refractivity contribution is 1.07. The summed E-state index contributed by atoms with van der Waals surface area (Å²) >= 11 is 0. The number of fused-ring (bicyclic) bond motifs is 7. The Morgan fingerprint density at radius 3 is 1.16 bits per heavy atom. The molecule has 15 aromatic rings. The smallest absolute Gasteiger partial charge is 0.252 e. The average molecular weight is 1120 g/mol. The van der Waals surface area contributed by atoms with Gasteiger partial charge in [-0.15, -0.1) is 0 Å². The van der Waals surface area contributed by atoms with Crippen molar-refractivity contribution in [3.05, 3.63) is 309 Å². The Labute approximate surface area is 509 Å². The fraction of sp³-hybridized carbons (Fsp3) is 0. The summed E-state index contributed by atoms with van der Waals surface area (Å²) in [6, 6.07) is 110.